The number of rotatable bonds is 9. The second-order valence-electron chi connectivity index (χ2n) is 24.2. The predicted octanol–water partition coefficient (Wildman–Crippen LogP) is 15.3. The number of pyridine rings is 1. The third-order valence-electron chi connectivity index (χ3n) is 16.7. The van der Waals surface area contributed by atoms with Crippen LogP contribution in [0.5, 0.6) is 11.5 Å². The van der Waals surface area contributed by atoms with Gasteiger partial charge in [0.05, 0.1) is 38.6 Å². The molecule has 13 rings (SSSR count). The third kappa shape index (κ3) is 7.32. The summed E-state index contributed by atoms with van der Waals surface area (Å²) in [6.45, 7) is 22.6. The van der Waals surface area contributed by atoms with Crippen molar-refractivity contribution in [2.24, 2.45) is 23.7 Å². The third-order valence-corrected chi connectivity index (χ3v) is 20.8. The van der Waals surface area contributed by atoms with Gasteiger partial charge in [-0.25, -0.2) is 4.98 Å². The summed E-state index contributed by atoms with van der Waals surface area (Å²) in [6.07, 6.45) is 8.87. The summed E-state index contributed by atoms with van der Waals surface area (Å²) in [5.74, 6) is 5.69. The molecule has 1 aliphatic heterocycles. The number of ether oxygens (including phenoxy) is 1. The van der Waals surface area contributed by atoms with E-state index in [-0.39, 0.29) is 10.8 Å². The lowest BCUT2D eigenvalue weighted by molar-refractivity contribution is -0.0418. The Morgan fingerprint density at radius 2 is 1.17 bits per heavy atom. The smallest absolute Gasteiger partial charge is 0.137 e. The highest BCUT2D eigenvalue weighted by atomic mass is 28.3. The minimum atomic E-state index is -1.72. The number of nitrogens with zero attached hydrogens (tertiary/aromatic N) is 4. The van der Waals surface area contributed by atoms with Gasteiger partial charge in [-0.05, 0) is 143 Å². The molecule has 0 N–H and O–H groups in total. The van der Waals surface area contributed by atoms with E-state index in [1.54, 1.807) is 0 Å². The van der Waals surface area contributed by atoms with Gasteiger partial charge in [-0.1, -0.05) is 139 Å². The van der Waals surface area contributed by atoms with Gasteiger partial charge in [0.1, 0.15) is 24.0 Å². The molecule has 5 aliphatic rings. The summed E-state index contributed by atoms with van der Waals surface area (Å²) in [4.78, 5) is 10.4. The Bertz CT molecular complexity index is 3220. The predicted molar refractivity (Wildman–Crippen MR) is 296 cm³/mol. The highest BCUT2D eigenvalue weighted by Gasteiger charge is 2.58. The Balaban J connectivity index is 0.957. The Morgan fingerprint density at radius 1 is 0.551 bits per heavy atom. The molecule has 2 aromatic heterocycles. The molecule has 5 nitrogen and oxygen atoms in total. The van der Waals surface area contributed by atoms with Gasteiger partial charge in [-0.2, -0.15) is 0 Å². The highest BCUT2D eigenvalue weighted by Crippen LogP contribution is 2.65. The van der Waals surface area contributed by atoms with Crippen molar-refractivity contribution in [3.63, 3.8) is 0 Å². The molecule has 0 spiro atoms. The van der Waals surface area contributed by atoms with Crippen LogP contribution in [0.25, 0.3) is 27.6 Å². The van der Waals surface area contributed by atoms with Crippen molar-refractivity contribution in [1.29, 1.82) is 0 Å². The summed E-state index contributed by atoms with van der Waals surface area (Å²) < 4.78 is 9.53. The van der Waals surface area contributed by atoms with Crippen LogP contribution in [0.3, 0.4) is 0 Å². The molecule has 7 heteroatoms. The standard InChI is InChI=1S/C62H68N4OSi2/c1-61(2,3)45-35-48(64-40-65(55-23-16-15-22-54(55)64)60-57(68(4,5)6)24-17-25-58(60)69(7,8)9)38-50(36-45)67-49-26-27-52-51-20-13-14-21-53(51)66(56(52)39-49)59-37-44(28-29-63-59)62(43-18-11-10-12-19-43)46-31-41-30-42(33-46)34-47(62)32-41/h10-29,35-39,41-42,46-47H,30-34,40H2,1-9H3. The van der Waals surface area contributed by atoms with E-state index in [0.717, 1.165) is 52.5 Å². The lowest BCUT2D eigenvalue weighted by Crippen LogP contribution is -2.56. The quantitative estimate of drug-likeness (QED) is 0.135. The molecule has 0 atom stereocenters. The lowest BCUT2D eigenvalue weighted by atomic mass is 9.42. The first-order chi connectivity index (χ1) is 33.1. The average molecular weight is 941 g/mol. The minimum absolute atomic E-state index is 0.00359. The van der Waals surface area contributed by atoms with E-state index in [1.807, 2.05) is 0 Å². The SMILES string of the molecule is CC(C)(C)c1cc(Oc2ccc3c4ccccc4n(-c4cc(C5(c6ccccc6)C6CC7CC(C6)CC5C7)ccn4)c3c2)cc(N2CN(c3c([Si](C)(C)C)cccc3[Si](C)(C)C)c3ccccc32)c1. The molecule has 3 heterocycles. The maximum Gasteiger partial charge on any atom is 0.137 e. The number of hydrogen-bond donors (Lipinski definition) is 0. The zero-order valence-electron chi connectivity index (χ0n) is 42.2. The molecular formula is C62H68N4OSi2. The van der Waals surface area contributed by atoms with Gasteiger partial charge in [0.15, 0.2) is 0 Å². The number of para-hydroxylation sites is 4. The van der Waals surface area contributed by atoms with Gasteiger partial charge >= 0.3 is 0 Å². The zero-order chi connectivity index (χ0) is 47.6. The molecular weight excluding hydrogens is 873 g/mol. The fraction of sp³-hybridized carbons (Fsp3) is 0.339. The molecule has 0 saturated heterocycles. The zero-order valence-corrected chi connectivity index (χ0v) is 44.2. The molecule has 0 radical (unpaired) electrons. The van der Waals surface area contributed by atoms with Gasteiger partial charge in [0.2, 0.25) is 0 Å². The van der Waals surface area contributed by atoms with Crippen LogP contribution < -0.4 is 24.9 Å². The highest BCUT2D eigenvalue weighted by molar-refractivity contribution is 6.93. The molecule has 4 saturated carbocycles. The Labute approximate surface area is 412 Å². The first-order valence-electron chi connectivity index (χ1n) is 25.7. The Morgan fingerprint density at radius 3 is 1.84 bits per heavy atom. The van der Waals surface area contributed by atoms with E-state index in [2.05, 4.69) is 226 Å². The van der Waals surface area contributed by atoms with E-state index in [4.69, 9.17) is 9.72 Å². The van der Waals surface area contributed by atoms with Crippen molar-refractivity contribution in [2.75, 3.05) is 16.5 Å². The van der Waals surface area contributed by atoms with Gasteiger partial charge in [0, 0.05) is 45.9 Å². The van der Waals surface area contributed by atoms with Gasteiger partial charge in [-0.15, -0.1) is 0 Å². The number of aromatic nitrogens is 2. The average Bonchev–Trinajstić information content (AvgIpc) is 3.87. The summed E-state index contributed by atoms with van der Waals surface area (Å²) in [5, 5.41) is 5.49. The van der Waals surface area contributed by atoms with E-state index >= 15 is 0 Å². The summed E-state index contributed by atoms with van der Waals surface area (Å²) in [6, 6.07) is 54.9. The van der Waals surface area contributed by atoms with Crippen LogP contribution in [0.2, 0.25) is 39.3 Å². The molecule has 0 unspecified atom stereocenters. The van der Waals surface area contributed by atoms with Crippen molar-refractivity contribution >= 4 is 71.1 Å². The Kier molecular flexibility index (Phi) is 10.3. The van der Waals surface area contributed by atoms with Crippen LogP contribution in [-0.2, 0) is 10.8 Å². The molecule has 350 valence electrons. The van der Waals surface area contributed by atoms with Gasteiger partial charge in [0.25, 0.3) is 0 Å². The molecule has 69 heavy (non-hydrogen) atoms. The van der Waals surface area contributed by atoms with E-state index in [0.29, 0.717) is 11.8 Å². The molecule has 6 aromatic carbocycles. The number of benzene rings is 6. The second-order valence-corrected chi connectivity index (χ2v) is 34.3. The first kappa shape index (κ1) is 44.3. The molecule has 4 aliphatic carbocycles. The summed E-state index contributed by atoms with van der Waals surface area (Å²) in [7, 11) is -3.44. The van der Waals surface area contributed by atoms with Crippen LogP contribution in [0.15, 0.2) is 152 Å². The topological polar surface area (TPSA) is 33.5 Å². The van der Waals surface area contributed by atoms with Crippen molar-refractivity contribution < 1.29 is 4.74 Å². The van der Waals surface area contributed by atoms with Crippen molar-refractivity contribution in [1.82, 2.24) is 9.55 Å². The number of anilines is 4. The lowest BCUT2D eigenvalue weighted by Gasteiger charge is -2.62. The maximum absolute atomic E-state index is 7.13. The molecule has 4 bridgehead atoms. The fourth-order valence-corrected chi connectivity index (χ4v) is 17.1. The fourth-order valence-electron chi connectivity index (χ4n) is 13.8. The normalized spacial score (nSPS) is 22.2. The van der Waals surface area contributed by atoms with Crippen LogP contribution in [-0.4, -0.2) is 32.4 Å². The van der Waals surface area contributed by atoms with Crippen LogP contribution in [0.4, 0.5) is 22.7 Å². The van der Waals surface area contributed by atoms with Crippen molar-refractivity contribution in [3.8, 4) is 17.3 Å². The first-order valence-corrected chi connectivity index (χ1v) is 32.7. The van der Waals surface area contributed by atoms with Crippen molar-refractivity contribution in [2.45, 2.75) is 103 Å². The van der Waals surface area contributed by atoms with Crippen LogP contribution >= 0.6 is 0 Å². The number of hydrogen-bond acceptors (Lipinski definition) is 4. The molecule has 0 amide bonds. The van der Waals surface area contributed by atoms with Gasteiger partial charge < -0.3 is 14.5 Å². The van der Waals surface area contributed by atoms with Crippen LogP contribution in [0, 0.1) is 23.7 Å². The molecule has 4 fully saturated rings. The summed E-state index contributed by atoms with van der Waals surface area (Å²) >= 11 is 0. The number of fused-ring (bicyclic) bond motifs is 4. The van der Waals surface area contributed by atoms with E-state index in [9.17, 15) is 0 Å². The molecule has 8 aromatic rings. The largest absolute Gasteiger partial charge is 0.457 e. The van der Waals surface area contributed by atoms with Crippen molar-refractivity contribution in [3.05, 3.63) is 168 Å². The minimum Gasteiger partial charge on any atom is -0.457 e. The van der Waals surface area contributed by atoms with E-state index in [1.165, 1.54) is 87.0 Å². The van der Waals surface area contributed by atoms with Gasteiger partial charge in [-0.3, -0.25) is 4.57 Å². The van der Waals surface area contributed by atoms with E-state index < -0.39 is 16.1 Å². The second kappa shape index (κ2) is 16.1. The summed E-state index contributed by atoms with van der Waals surface area (Å²) in [5.41, 5.74) is 11.4. The monoisotopic (exact) mass is 940 g/mol. The maximum atomic E-state index is 7.13. The Hall–Kier alpha value is -5.90. The van der Waals surface area contributed by atoms with Crippen LogP contribution in [0.1, 0.15) is 69.6 Å².